The van der Waals surface area contributed by atoms with Gasteiger partial charge in [-0.25, -0.2) is 0 Å². The molecular weight excluding hydrogens is 208 g/mol. The highest BCUT2D eigenvalue weighted by Gasteiger charge is 2.18. The fourth-order valence-electron chi connectivity index (χ4n) is 2.09. The van der Waals surface area contributed by atoms with E-state index in [0.29, 0.717) is 11.1 Å². The van der Waals surface area contributed by atoms with E-state index in [-0.39, 0.29) is 0 Å². The number of piperidine rings is 1. The highest BCUT2D eigenvalue weighted by Crippen LogP contribution is 2.12. The molecule has 0 aromatic rings. The third kappa shape index (κ3) is 5.55. The molecule has 2 nitrogen and oxygen atoms in total. The highest BCUT2D eigenvalue weighted by atomic mass is 35.5. The molecule has 0 radical (unpaired) electrons. The van der Waals surface area contributed by atoms with E-state index in [4.69, 9.17) is 11.6 Å². The monoisotopic (exact) mass is 230 g/mol. The van der Waals surface area contributed by atoms with Gasteiger partial charge in [-0.3, -0.25) is 0 Å². The Morgan fingerprint density at radius 3 is 2.53 bits per heavy atom. The topological polar surface area (TPSA) is 15.3 Å². The molecule has 1 aliphatic rings. The van der Waals surface area contributed by atoms with Gasteiger partial charge < -0.3 is 10.2 Å². The van der Waals surface area contributed by atoms with Crippen molar-refractivity contribution < 1.29 is 0 Å². The Bertz CT molecular complexity index is 196. The van der Waals surface area contributed by atoms with Gasteiger partial charge >= 0.3 is 0 Å². The van der Waals surface area contributed by atoms with E-state index in [0.717, 1.165) is 12.5 Å². The van der Waals surface area contributed by atoms with Gasteiger partial charge in [0.05, 0.1) is 0 Å². The van der Waals surface area contributed by atoms with Crippen LogP contribution in [0.5, 0.6) is 0 Å². The van der Waals surface area contributed by atoms with Crippen molar-refractivity contribution in [1.82, 2.24) is 10.2 Å². The molecule has 0 amide bonds. The molecule has 15 heavy (non-hydrogen) atoms. The molecule has 0 atom stereocenters. The molecule has 1 N–H and O–H groups in total. The molecule has 0 aromatic heterocycles. The van der Waals surface area contributed by atoms with Gasteiger partial charge in [0.25, 0.3) is 0 Å². The number of nitrogens with one attached hydrogen (secondary N) is 1. The fraction of sp³-hybridized carbons (Fsp3) is 0.833. The molecule has 0 saturated carbocycles. The number of halogens is 1. The Morgan fingerprint density at radius 1 is 1.47 bits per heavy atom. The molecule has 1 rings (SSSR count). The highest BCUT2D eigenvalue weighted by molar-refractivity contribution is 6.29. The number of rotatable bonds is 5. The maximum absolute atomic E-state index is 5.73. The summed E-state index contributed by atoms with van der Waals surface area (Å²) in [5.41, 5.74) is 0. The van der Waals surface area contributed by atoms with Gasteiger partial charge in [-0.2, -0.15) is 0 Å². The number of likely N-dealkylation sites (tertiary alicyclic amines) is 1. The molecular formula is C12H23ClN2. The van der Waals surface area contributed by atoms with Crippen molar-refractivity contribution in [2.75, 3.05) is 26.2 Å². The van der Waals surface area contributed by atoms with Gasteiger partial charge in [-0.05, 0) is 31.8 Å². The zero-order valence-corrected chi connectivity index (χ0v) is 10.7. The van der Waals surface area contributed by atoms with Crippen molar-refractivity contribution >= 4 is 11.6 Å². The zero-order chi connectivity index (χ0) is 11.3. The third-order valence-corrected chi connectivity index (χ3v) is 2.93. The van der Waals surface area contributed by atoms with Crippen LogP contribution < -0.4 is 5.32 Å². The number of nitrogens with zero attached hydrogens (tertiary/aromatic N) is 1. The summed E-state index contributed by atoms with van der Waals surface area (Å²) < 4.78 is 0. The lowest BCUT2D eigenvalue weighted by Crippen LogP contribution is -2.43. The summed E-state index contributed by atoms with van der Waals surface area (Å²) in [5.74, 6) is 0.775. The lowest BCUT2D eigenvalue weighted by Gasteiger charge is -2.33. The lowest BCUT2D eigenvalue weighted by atomic mass is 10.0. The van der Waals surface area contributed by atoms with E-state index < -0.39 is 0 Å². The second kappa shape index (κ2) is 6.51. The molecule has 0 unspecified atom stereocenters. The smallest absolute Gasteiger partial charge is 0.0310 e. The summed E-state index contributed by atoms with van der Waals surface area (Å²) in [6, 6.07) is 0.629. The van der Waals surface area contributed by atoms with Crippen LogP contribution in [0.2, 0.25) is 0 Å². The Balaban J connectivity index is 2.15. The first-order valence-corrected chi connectivity index (χ1v) is 6.24. The minimum absolute atomic E-state index is 0.629. The molecule has 88 valence electrons. The third-order valence-electron chi connectivity index (χ3n) is 2.79. The van der Waals surface area contributed by atoms with Crippen LogP contribution in [0.25, 0.3) is 0 Å². The van der Waals surface area contributed by atoms with E-state index in [1.807, 2.05) is 0 Å². The van der Waals surface area contributed by atoms with Crippen LogP contribution in [0.15, 0.2) is 11.6 Å². The predicted molar refractivity (Wildman–Crippen MR) is 67.3 cm³/mol. The van der Waals surface area contributed by atoms with Crippen LogP contribution in [0.4, 0.5) is 0 Å². The summed E-state index contributed by atoms with van der Waals surface area (Å²) in [4.78, 5) is 2.55. The lowest BCUT2D eigenvalue weighted by molar-refractivity contribution is 0.181. The first-order chi connectivity index (χ1) is 7.08. The van der Waals surface area contributed by atoms with Gasteiger partial charge in [-0.1, -0.05) is 32.0 Å². The molecule has 0 aliphatic carbocycles. The standard InChI is InChI=1S/C12H23ClN2/c1-10(2)9-15-6-4-12(5-7-15)14-8-11(3)13/h10,12,14H,3-9H2,1-2H3. The molecule has 1 fully saturated rings. The Kier molecular flexibility index (Phi) is 5.65. The Hall–Kier alpha value is -0.0500. The van der Waals surface area contributed by atoms with Crippen molar-refractivity contribution in [2.45, 2.75) is 32.7 Å². The molecule has 1 aliphatic heterocycles. The largest absolute Gasteiger partial charge is 0.309 e. The summed E-state index contributed by atoms with van der Waals surface area (Å²) in [5, 5.41) is 4.14. The Morgan fingerprint density at radius 2 is 2.07 bits per heavy atom. The molecule has 3 heteroatoms. The van der Waals surface area contributed by atoms with Crippen LogP contribution >= 0.6 is 11.6 Å². The second-order valence-corrected chi connectivity index (χ2v) is 5.40. The predicted octanol–water partition coefficient (Wildman–Crippen LogP) is 2.45. The molecule has 0 aromatic carbocycles. The van der Waals surface area contributed by atoms with Crippen molar-refractivity contribution in [2.24, 2.45) is 5.92 Å². The summed E-state index contributed by atoms with van der Waals surface area (Å²) in [7, 11) is 0. The Labute approximate surface area is 98.7 Å². The first-order valence-electron chi connectivity index (χ1n) is 5.87. The minimum atomic E-state index is 0.629. The van der Waals surface area contributed by atoms with E-state index in [9.17, 15) is 0 Å². The van der Waals surface area contributed by atoms with Crippen LogP contribution in [0.1, 0.15) is 26.7 Å². The van der Waals surface area contributed by atoms with Crippen molar-refractivity contribution in [3.8, 4) is 0 Å². The van der Waals surface area contributed by atoms with Gasteiger partial charge in [0.2, 0.25) is 0 Å². The summed E-state index contributed by atoms with van der Waals surface area (Å²) in [6.07, 6.45) is 2.47. The maximum Gasteiger partial charge on any atom is 0.0310 e. The van der Waals surface area contributed by atoms with Crippen molar-refractivity contribution in [1.29, 1.82) is 0 Å². The van der Waals surface area contributed by atoms with E-state index in [2.05, 4.69) is 30.6 Å². The number of hydrogen-bond donors (Lipinski definition) is 1. The van der Waals surface area contributed by atoms with E-state index >= 15 is 0 Å². The van der Waals surface area contributed by atoms with Crippen molar-refractivity contribution in [3.63, 3.8) is 0 Å². The van der Waals surface area contributed by atoms with Crippen LogP contribution in [0.3, 0.4) is 0 Å². The van der Waals surface area contributed by atoms with Crippen LogP contribution in [-0.2, 0) is 0 Å². The average Bonchev–Trinajstić information content (AvgIpc) is 2.16. The molecule has 0 bridgehead atoms. The summed E-state index contributed by atoms with van der Waals surface area (Å²) >= 11 is 5.73. The number of hydrogen-bond acceptors (Lipinski definition) is 2. The van der Waals surface area contributed by atoms with Crippen LogP contribution in [-0.4, -0.2) is 37.1 Å². The second-order valence-electron chi connectivity index (χ2n) is 4.87. The quantitative estimate of drug-likeness (QED) is 0.781. The van der Waals surface area contributed by atoms with Gasteiger partial charge in [0.15, 0.2) is 0 Å². The maximum atomic E-state index is 5.73. The van der Waals surface area contributed by atoms with Gasteiger partial charge in [0, 0.05) is 24.2 Å². The molecule has 0 spiro atoms. The fourth-order valence-corrected chi connectivity index (χ4v) is 2.17. The van der Waals surface area contributed by atoms with Crippen molar-refractivity contribution in [3.05, 3.63) is 11.6 Å². The average molecular weight is 231 g/mol. The molecule has 1 heterocycles. The van der Waals surface area contributed by atoms with Crippen LogP contribution in [0, 0.1) is 5.92 Å². The molecule has 1 saturated heterocycles. The van der Waals surface area contributed by atoms with Gasteiger partial charge in [-0.15, -0.1) is 0 Å². The summed E-state index contributed by atoms with van der Waals surface area (Å²) in [6.45, 7) is 12.6. The normalized spacial score (nSPS) is 19.7. The van der Waals surface area contributed by atoms with E-state index in [1.165, 1.54) is 32.5 Å². The van der Waals surface area contributed by atoms with E-state index in [1.54, 1.807) is 0 Å². The minimum Gasteiger partial charge on any atom is -0.309 e. The SMILES string of the molecule is C=C(Cl)CNC1CCN(CC(C)C)CC1. The zero-order valence-electron chi connectivity index (χ0n) is 9.93. The van der Waals surface area contributed by atoms with Gasteiger partial charge in [0.1, 0.15) is 0 Å². The first kappa shape index (κ1) is 13.0.